The molecule has 0 aliphatic carbocycles. The summed E-state index contributed by atoms with van der Waals surface area (Å²) in [5.74, 6) is 1.14. The van der Waals surface area contributed by atoms with Crippen molar-refractivity contribution in [3.8, 4) is 0 Å². The van der Waals surface area contributed by atoms with Gasteiger partial charge in [-0.2, -0.15) is 0 Å². The van der Waals surface area contributed by atoms with E-state index in [9.17, 15) is 13.5 Å². The molecular weight excluding hydrogens is 294 g/mol. The van der Waals surface area contributed by atoms with Gasteiger partial charge in [0, 0.05) is 6.20 Å². The first-order chi connectivity index (χ1) is 9.70. The average Bonchev–Trinajstić information content (AvgIpc) is 2.83. The van der Waals surface area contributed by atoms with Gasteiger partial charge in [-0.05, 0) is 38.1 Å². The summed E-state index contributed by atoms with van der Waals surface area (Å²) in [4.78, 5) is 3.81. The molecule has 1 atom stereocenters. The van der Waals surface area contributed by atoms with E-state index < -0.39 is 15.6 Å². The van der Waals surface area contributed by atoms with Gasteiger partial charge in [0.1, 0.15) is 27.8 Å². The van der Waals surface area contributed by atoms with Crippen molar-refractivity contribution in [1.29, 1.82) is 0 Å². The summed E-state index contributed by atoms with van der Waals surface area (Å²) in [7, 11) is -3.89. The summed E-state index contributed by atoms with van der Waals surface area (Å²) in [6.45, 7) is 3.34. The van der Waals surface area contributed by atoms with E-state index in [1.54, 1.807) is 26.0 Å². The third-order valence-corrected chi connectivity index (χ3v) is 3.89. The Morgan fingerprint density at radius 3 is 2.71 bits per heavy atom. The van der Waals surface area contributed by atoms with Gasteiger partial charge in [0.25, 0.3) is 0 Å². The monoisotopic (exact) mass is 311 g/mol. The Balaban J connectivity index is 2.21. The molecule has 0 aromatic carbocycles. The number of hydrogen-bond donors (Lipinski definition) is 3. The van der Waals surface area contributed by atoms with Crippen LogP contribution in [0.4, 0.5) is 5.82 Å². The molecule has 0 saturated carbocycles. The maximum Gasteiger partial charge on any atom is 0.241 e. The Morgan fingerprint density at radius 2 is 2.14 bits per heavy atom. The molecular formula is C13H17N3O4S. The Morgan fingerprint density at radius 1 is 1.43 bits per heavy atom. The van der Waals surface area contributed by atoms with E-state index in [0.29, 0.717) is 11.5 Å². The van der Waals surface area contributed by atoms with Crippen LogP contribution in [0.15, 0.2) is 39.8 Å². The number of nitrogens with zero attached hydrogens (tertiary/aromatic N) is 1. The van der Waals surface area contributed by atoms with Crippen molar-refractivity contribution in [3.63, 3.8) is 0 Å². The number of sulfonamides is 1. The number of anilines is 1. The van der Waals surface area contributed by atoms with Crippen LogP contribution in [0, 0.1) is 6.92 Å². The lowest BCUT2D eigenvalue weighted by molar-refractivity contribution is 0.0467. The normalized spacial score (nSPS) is 14.7. The fourth-order valence-electron chi connectivity index (χ4n) is 1.82. The maximum atomic E-state index is 11.5. The molecule has 21 heavy (non-hydrogen) atoms. The Bertz CT molecular complexity index is 737. The molecule has 0 saturated heterocycles. The van der Waals surface area contributed by atoms with Crippen LogP contribution >= 0.6 is 0 Å². The van der Waals surface area contributed by atoms with Crippen LogP contribution in [0.5, 0.6) is 0 Å². The van der Waals surface area contributed by atoms with Gasteiger partial charge < -0.3 is 14.8 Å². The van der Waals surface area contributed by atoms with Crippen LogP contribution in [0.2, 0.25) is 0 Å². The van der Waals surface area contributed by atoms with Crippen LogP contribution < -0.4 is 10.5 Å². The molecule has 2 aromatic heterocycles. The number of pyridine rings is 1. The van der Waals surface area contributed by atoms with E-state index in [4.69, 9.17) is 9.56 Å². The number of nitrogens with one attached hydrogen (secondary N) is 1. The first kappa shape index (κ1) is 15.5. The van der Waals surface area contributed by atoms with Crippen molar-refractivity contribution in [2.24, 2.45) is 5.14 Å². The van der Waals surface area contributed by atoms with Crippen LogP contribution in [-0.2, 0) is 15.6 Å². The number of aryl methyl sites for hydroxylation is 1. The minimum absolute atomic E-state index is 0.0134. The smallest absolute Gasteiger partial charge is 0.241 e. The molecule has 2 rings (SSSR count). The molecule has 8 heteroatoms. The van der Waals surface area contributed by atoms with Crippen molar-refractivity contribution in [2.45, 2.75) is 24.3 Å². The number of hydrogen-bond acceptors (Lipinski definition) is 6. The number of nitrogens with two attached hydrogens (primary N) is 1. The van der Waals surface area contributed by atoms with Crippen LogP contribution in [0.1, 0.15) is 18.4 Å². The Hall–Kier alpha value is -1.90. The molecule has 0 radical (unpaired) electrons. The summed E-state index contributed by atoms with van der Waals surface area (Å²) < 4.78 is 28.3. The van der Waals surface area contributed by atoms with Crippen molar-refractivity contribution in [3.05, 3.63) is 42.0 Å². The minimum Gasteiger partial charge on any atom is -0.463 e. The fourth-order valence-corrected chi connectivity index (χ4v) is 2.48. The van der Waals surface area contributed by atoms with E-state index in [0.717, 1.165) is 0 Å². The highest BCUT2D eigenvalue weighted by Crippen LogP contribution is 2.24. The van der Waals surface area contributed by atoms with Crippen molar-refractivity contribution in [2.75, 3.05) is 11.9 Å². The van der Waals surface area contributed by atoms with Crippen molar-refractivity contribution in [1.82, 2.24) is 4.98 Å². The summed E-state index contributed by atoms with van der Waals surface area (Å²) in [6, 6.07) is 6.21. The highest BCUT2D eigenvalue weighted by molar-refractivity contribution is 7.89. The first-order valence-corrected chi connectivity index (χ1v) is 7.76. The molecule has 0 amide bonds. The zero-order valence-electron chi connectivity index (χ0n) is 11.7. The predicted molar refractivity (Wildman–Crippen MR) is 77.1 cm³/mol. The molecule has 4 N–H and O–H groups in total. The van der Waals surface area contributed by atoms with E-state index in [1.807, 2.05) is 0 Å². The van der Waals surface area contributed by atoms with E-state index in [1.165, 1.54) is 18.3 Å². The molecule has 0 bridgehead atoms. The molecule has 2 heterocycles. The predicted octanol–water partition coefficient (Wildman–Crippen LogP) is 0.950. The van der Waals surface area contributed by atoms with Crippen LogP contribution in [0.25, 0.3) is 0 Å². The number of rotatable bonds is 5. The maximum absolute atomic E-state index is 11.5. The van der Waals surface area contributed by atoms with Gasteiger partial charge in [0.05, 0.1) is 6.54 Å². The number of furan rings is 1. The van der Waals surface area contributed by atoms with Gasteiger partial charge in [-0.1, -0.05) is 0 Å². The molecule has 0 fully saturated rings. The fraction of sp³-hybridized carbons (Fsp3) is 0.308. The van der Waals surface area contributed by atoms with Gasteiger partial charge in [-0.3, -0.25) is 0 Å². The van der Waals surface area contributed by atoms with Crippen molar-refractivity contribution >= 4 is 15.8 Å². The van der Waals surface area contributed by atoms with Gasteiger partial charge >= 0.3 is 0 Å². The number of primary sulfonamides is 1. The molecule has 0 aliphatic heterocycles. The summed E-state index contributed by atoms with van der Waals surface area (Å²) in [6.07, 6.45) is 1.43. The minimum atomic E-state index is -3.89. The van der Waals surface area contributed by atoms with Gasteiger partial charge in [0.15, 0.2) is 0 Å². The van der Waals surface area contributed by atoms with E-state index in [-0.39, 0.29) is 17.3 Å². The summed E-state index contributed by atoms with van der Waals surface area (Å²) in [5, 5.41) is 18.3. The highest BCUT2D eigenvalue weighted by atomic mass is 32.2. The lowest BCUT2D eigenvalue weighted by Crippen LogP contribution is -2.31. The molecule has 114 valence electrons. The quantitative estimate of drug-likeness (QED) is 0.756. The van der Waals surface area contributed by atoms with Gasteiger partial charge in [0.2, 0.25) is 10.0 Å². The topological polar surface area (TPSA) is 118 Å². The molecule has 1 unspecified atom stereocenters. The number of aromatic nitrogens is 1. The number of aliphatic hydroxyl groups is 1. The SMILES string of the molecule is Cc1ccc(C(C)(O)CNc2ncccc2S(N)(=O)=O)o1. The average molecular weight is 311 g/mol. The lowest BCUT2D eigenvalue weighted by Gasteiger charge is -2.22. The lowest BCUT2D eigenvalue weighted by atomic mass is 10.0. The Kier molecular flexibility index (Phi) is 4.04. The molecule has 0 spiro atoms. The third-order valence-electron chi connectivity index (χ3n) is 2.95. The van der Waals surface area contributed by atoms with E-state index in [2.05, 4.69) is 10.3 Å². The third kappa shape index (κ3) is 3.60. The van der Waals surface area contributed by atoms with Crippen molar-refractivity contribution < 1.29 is 17.9 Å². The largest absolute Gasteiger partial charge is 0.463 e. The molecule has 7 nitrogen and oxygen atoms in total. The van der Waals surface area contributed by atoms with Crippen LogP contribution in [0.3, 0.4) is 0 Å². The summed E-state index contributed by atoms with van der Waals surface area (Å²) in [5.41, 5.74) is -1.32. The standard InChI is InChI=1S/C13H17N3O4S/c1-9-5-6-11(20-9)13(2,17)8-16-12-10(21(14,18)19)4-3-7-15-12/h3-7,17H,8H2,1-2H3,(H,15,16)(H2,14,18,19). The second-order valence-corrected chi connectivity index (χ2v) is 6.46. The zero-order valence-corrected chi connectivity index (χ0v) is 12.5. The second kappa shape index (κ2) is 5.47. The first-order valence-electron chi connectivity index (χ1n) is 6.21. The van der Waals surface area contributed by atoms with Gasteiger partial charge in [-0.15, -0.1) is 0 Å². The highest BCUT2D eigenvalue weighted by Gasteiger charge is 2.27. The van der Waals surface area contributed by atoms with Gasteiger partial charge in [-0.25, -0.2) is 18.5 Å². The van der Waals surface area contributed by atoms with Crippen LogP contribution in [-0.4, -0.2) is 25.1 Å². The molecule has 2 aromatic rings. The second-order valence-electron chi connectivity index (χ2n) is 4.93. The van der Waals surface area contributed by atoms with E-state index >= 15 is 0 Å². The Labute approximate surface area is 122 Å². The summed E-state index contributed by atoms with van der Waals surface area (Å²) >= 11 is 0. The molecule has 0 aliphatic rings. The zero-order chi connectivity index (χ0) is 15.7.